The lowest BCUT2D eigenvalue weighted by Crippen LogP contribution is -2.37. The molecule has 0 saturated heterocycles. The van der Waals surface area contributed by atoms with Crippen LogP contribution in [0, 0.1) is 0 Å². The molecule has 0 radical (unpaired) electrons. The van der Waals surface area contributed by atoms with Crippen molar-refractivity contribution in [3.8, 4) is 0 Å². The standard InChI is InChI=1S/C21H23N3O4S/c1-4-8-15-11-22-19-17(20(26)24(3)21(27)23(19)2)18(15)29-13-16(25)28-12-14-9-6-5-7-10-14/h5-7,9-11H,4,8,12-13H2,1-3H3. The Morgan fingerprint density at radius 3 is 2.55 bits per heavy atom. The quantitative estimate of drug-likeness (QED) is 0.437. The highest BCUT2D eigenvalue weighted by Crippen LogP contribution is 2.29. The maximum absolute atomic E-state index is 12.8. The van der Waals surface area contributed by atoms with Gasteiger partial charge in [0.15, 0.2) is 0 Å². The van der Waals surface area contributed by atoms with Crippen molar-refractivity contribution in [2.45, 2.75) is 31.3 Å². The molecule has 0 aliphatic heterocycles. The number of nitrogens with zero attached hydrogens (tertiary/aromatic N) is 3. The summed E-state index contributed by atoms with van der Waals surface area (Å²) in [6.45, 7) is 2.24. The summed E-state index contributed by atoms with van der Waals surface area (Å²) in [5.74, 6) is -0.304. The topological polar surface area (TPSA) is 83.2 Å². The Hall–Kier alpha value is -2.87. The predicted octanol–water partition coefficient (Wildman–Crippen LogP) is 2.42. The Morgan fingerprint density at radius 1 is 1.14 bits per heavy atom. The maximum atomic E-state index is 12.8. The van der Waals surface area contributed by atoms with Gasteiger partial charge in [-0.15, -0.1) is 11.8 Å². The second-order valence-electron chi connectivity index (χ2n) is 6.70. The van der Waals surface area contributed by atoms with E-state index in [0.29, 0.717) is 15.9 Å². The van der Waals surface area contributed by atoms with E-state index in [-0.39, 0.29) is 18.3 Å². The van der Waals surface area contributed by atoms with Crippen LogP contribution in [0.3, 0.4) is 0 Å². The first-order valence-corrected chi connectivity index (χ1v) is 10.3. The lowest BCUT2D eigenvalue weighted by Gasteiger charge is -2.14. The number of aryl methyl sites for hydroxylation is 2. The zero-order valence-corrected chi connectivity index (χ0v) is 17.5. The first-order valence-electron chi connectivity index (χ1n) is 9.34. The van der Waals surface area contributed by atoms with E-state index in [1.807, 2.05) is 37.3 Å². The normalized spacial score (nSPS) is 11.0. The smallest absolute Gasteiger partial charge is 0.332 e. The Kier molecular flexibility index (Phi) is 6.53. The lowest BCUT2D eigenvalue weighted by atomic mass is 10.1. The fourth-order valence-corrected chi connectivity index (χ4v) is 4.07. The summed E-state index contributed by atoms with van der Waals surface area (Å²) in [6.07, 6.45) is 3.27. The zero-order valence-electron chi connectivity index (χ0n) is 16.7. The van der Waals surface area contributed by atoms with Crippen LogP contribution in [0.15, 0.2) is 51.0 Å². The molecule has 8 heteroatoms. The molecule has 0 saturated carbocycles. The van der Waals surface area contributed by atoms with Crippen molar-refractivity contribution in [1.29, 1.82) is 0 Å². The van der Waals surface area contributed by atoms with Crippen molar-refractivity contribution in [3.05, 3.63) is 68.5 Å². The van der Waals surface area contributed by atoms with Crippen LogP contribution in [0.25, 0.3) is 11.0 Å². The molecule has 2 aromatic heterocycles. The molecular formula is C21H23N3O4S. The minimum Gasteiger partial charge on any atom is -0.460 e. The van der Waals surface area contributed by atoms with E-state index in [1.54, 1.807) is 13.2 Å². The van der Waals surface area contributed by atoms with Crippen LogP contribution in [-0.2, 0) is 36.7 Å². The van der Waals surface area contributed by atoms with Crippen LogP contribution in [0.4, 0.5) is 0 Å². The van der Waals surface area contributed by atoms with E-state index in [2.05, 4.69) is 4.98 Å². The van der Waals surface area contributed by atoms with E-state index in [1.165, 1.54) is 23.4 Å². The molecule has 3 rings (SSSR count). The van der Waals surface area contributed by atoms with Crippen LogP contribution in [0.2, 0.25) is 0 Å². The van der Waals surface area contributed by atoms with Crippen molar-refractivity contribution in [2.75, 3.05) is 5.75 Å². The number of thioether (sulfide) groups is 1. The number of fused-ring (bicyclic) bond motifs is 1. The Labute approximate surface area is 172 Å². The van der Waals surface area contributed by atoms with E-state index in [0.717, 1.165) is 28.5 Å². The number of rotatable bonds is 7. The van der Waals surface area contributed by atoms with Crippen LogP contribution in [0.5, 0.6) is 0 Å². The molecule has 1 aromatic carbocycles. The lowest BCUT2D eigenvalue weighted by molar-refractivity contribution is -0.141. The molecule has 2 heterocycles. The summed E-state index contributed by atoms with van der Waals surface area (Å²) in [4.78, 5) is 42.3. The number of hydrogen-bond donors (Lipinski definition) is 0. The molecule has 152 valence electrons. The Balaban J connectivity index is 1.90. The largest absolute Gasteiger partial charge is 0.460 e. The summed E-state index contributed by atoms with van der Waals surface area (Å²) < 4.78 is 7.76. The minimum absolute atomic E-state index is 0.0641. The van der Waals surface area contributed by atoms with E-state index in [4.69, 9.17) is 4.74 Å². The van der Waals surface area contributed by atoms with Crippen LogP contribution >= 0.6 is 11.8 Å². The summed E-state index contributed by atoms with van der Waals surface area (Å²) >= 11 is 1.25. The van der Waals surface area contributed by atoms with Gasteiger partial charge in [0.1, 0.15) is 12.3 Å². The van der Waals surface area contributed by atoms with Gasteiger partial charge in [-0.1, -0.05) is 43.7 Å². The van der Waals surface area contributed by atoms with E-state index in [9.17, 15) is 14.4 Å². The van der Waals surface area contributed by atoms with Crippen LogP contribution < -0.4 is 11.2 Å². The third kappa shape index (κ3) is 4.42. The number of carbonyl (C=O) groups is 1. The summed E-state index contributed by atoms with van der Waals surface area (Å²) in [5, 5.41) is 0.362. The zero-order chi connectivity index (χ0) is 21.0. The van der Waals surface area contributed by atoms with Crippen molar-refractivity contribution in [2.24, 2.45) is 14.1 Å². The first kappa shape index (κ1) is 20.9. The predicted molar refractivity (Wildman–Crippen MR) is 113 cm³/mol. The van der Waals surface area contributed by atoms with Gasteiger partial charge >= 0.3 is 11.7 Å². The number of hydrogen-bond acceptors (Lipinski definition) is 6. The monoisotopic (exact) mass is 413 g/mol. The molecule has 0 aliphatic carbocycles. The van der Waals surface area contributed by atoms with E-state index < -0.39 is 11.2 Å². The average Bonchev–Trinajstić information content (AvgIpc) is 2.74. The molecular weight excluding hydrogens is 390 g/mol. The highest BCUT2D eigenvalue weighted by Gasteiger charge is 2.18. The molecule has 0 fully saturated rings. The summed E-state index contributed by atoms with van der Waals surface area (Å²) in [6, 6.07) is 9.45. The fraction of sp³-hybridized carbons (Fsp3) is 0.333. The number of carbonyl (C=O) groups excluding carboxylic acids is 1. The highest BCUT2D eigenvalue weighted by atomic mass is 32.2. The van der Waals surface area contributed by atoms with Gasteiger partial charge in [-0.2, -0.15) is 0 Å². The number of ether oxygens (including phenoxy) is 1. The third-order valence-electron chi connectivity index (χ3n) is 4.59. The van der Waals surface area contributed by atoms with Crippen LogP contribution in [0.1, 0.15) is 24.5 Å². The van der Waals surface area contributed by atoms with Crippen molar-refractivity contribution < 1.29 is 9.53 Å². The fourth-order valence-electron chi connectivity index (χ4n) is 3.06. The number of benzene rings is 1. The molecule has 7 nitrogen and oxygen atoms in total. The third-order valence-corrected chi connectivity index (χ3v) is 5.73. The van der Waals surface area contributed by atoms with Crippen molar-refractivity contribution in [3.63, 3.8) is 0 Å². The number of pyridine rings is 1. The maximum Gasteiger partial charge on any atom is 0.332 e. The average molecular weight is 413 g/mol. The molecule has 0 spiro atoms. The molecule has 3 aromatic rings. The van der Waals surface area contributed by atoms with Gasteiger partial charge in [0.05, 0.1) is 11.1 Å². The highest BCUT2D eigenvalue weighted by molar-refractivity contribution is 8.00. The second-order valence-corrected chi connectivity index (χ2v) is 7.69. The van der Waals surface area contributed by atoms with Gasteiger partial charge < -0.3 is 4.74 Å². The van der Waals surface area contributed by atoms with Gasteiger partial charge in [-0.05, 0) is 17.5 Å². The van der Waals surface area contributed by atoms with Gasteiger partial charge in [-0.25, -0.2) is 9.78 Å². The Morgan fingerprint density at radius 2 is 1.86 bits per heavy atom. The number of esters is 1. The molecule has 0 aliphatic rings. The minimum atomic E-state index is -0.434. The molecule has 0 unspecified atom stereocenters. The summed E-state index contributed by atoms with van der Waals surface area (Å²) in [5.41, 5.74) is 1.27. The molecule has 0 atom stereocenters. The first-order chi connectivity index (χ1) is 13.9. The second kappa shape index (κ2) is 9.09. The molecule has 0 amide bonds. The van der Waals surface area contributed by atoms with Gasteiger partial charge in [0.2, 0.25) is 0 Å². The number of aromatic nitrogens is 3. The van der Waals surface area contributed by atoms with E-state index >= 15 is 0 Å². The molecule has 29 heavy (non-hydrogen) atoms. The van der Waals surface area contributed by atoms with Gasteiger partial charge in [0, 0.05) is 25.2 Å². The SMILES string of the molecule is CCCc1cnc2c(c1SCC(=O)OCc1ccccc1)c(=O)n(C)c(=O)n2C. The van der Waals surface area contributed by atoms with Crippen molar-refractivity contribution in [1.82, 2.24) is 14.1 Å². The van der Waals surface area contributed by atoms with Crippen LogP contribution in [-0.4, -0.2) is 25.8 Å². The van der Waals surface area contributed by atoms with Gasteiger partial charge in [0.25, 0.3) is 5.56 Å². The molecule has 0 bridgehead atoms. The summed E-state index contributed by atoms with van der Waals surface area (Å²) in [7, 11) is 3.03. The van der Waals surface area contributed by atoms with Gasteiger partial charge in [-0.3, -0.25) is 18.7 Å². The molecule has 0 N–H and O–H groups in total. The Bertz CT molecular complexity index is 1150. The van der Waals surface area contributed by atoms with Crippen molar-refractivity contribution >= 4 is 28.8 Å².